The number of nitrogens with zero attached hydrogens (tertiary/aromatic N) is 1. The SMILES string of the molecule is CCOC(=O)c1cc2nc(Cc3ccsc3)[nH]c(=O)c2s1. The molecule has 0 unspecified atom stereocenters. The lowest BCUT2D eigenvalue weighted by atomic mass is 10.2. The number of carbonyl (C=O) groups excluding carboxylic acids is 1. The van der Waals surface area contributed by atoms with Crippen LogP contribution >= 0.6 is 22.7 Å². The summed E-state index contributed by atoms with van der Waals surface area (Å²) in [4.78, 5) is 31.4. The molecule has 0 aliphatic rings. The summed E-state index contributed by atoms with van der Waals surface area (Å²) in [5.74, 6) is 0.179. The summed E-state index contributed by atoms with van der Waals surface area (Å²) >= 11 is 2.71. The zero-order chi connectivity index (χ0) is 14.8. The van der Waals surface area contributed by atoms with Gasteiger partial charge in [0.2, 0.25) is 0 Å². The van der Waals surface area contributed by atoms with Gasteiger partial charge in [0.15, 0.2) is 0 Å². The molecule has 3 aromatic rings. The molecule has 21 heavy (non-hydrogen) atoms. The minimum Gasteiger partial charge on any atom is -0.462 e. The molecule has 0 aliphatic carbocycles. The number of rotatable bonds is 4. The average Bonchev–Trinajstić information content (AvgIpc) is 3.08. The molecule has 0 spiro atoms. The number of aromatic amines is 1. The Hall–Kier alpha value is -1.99. The second-order valence-electron chi connectivity index (χ2n) is 4.37. The van der Waals surface area contributed by atoms with Crippen LogP contribution in [0.2, 0.25) is 0 Å². The summed E-state index contributed by atoms with van der Waals surface area (Å²) in [6.07, 6.45) is 0.569. The van der Waals surface area contributed by atoms with Crippen molar-refractivity contribution in [3.8, 4) is 0 Å². The first-order chi connectivity index (χ1) is 10.2. The number of hydrogen-bond donors (Lipinski definition) is 1. The number of carbonyl (C=O) groups is 1. The Morgan fingerprint density at radius 3 is 3.05 bits per heavy atom. The summed E-state index contributed by atoms with van der Waals surface area (Å²) in [6.45, 7) is 2.05. The number of thiophene rings is 2. The first kappa shape index (κ1) is 14.0. The summed E-state index contributed by atoms with van der Waals surface area (Å²) in [7, 11) is 0. The number of hydrogen-bond acceptors (Lipinski definition) is 6. The van der Waals surface area contributed by atoms with Gasteiger partial charge in [-0.2, -0.15) is 11.3 Å². The summed E-state index contributed by atoms with van der Waals surface area (Å²) in [6, 6.07) is 3.61. The fraction of sp³-hybridized carbons (Fsp3) is 0.214. The van der Waals surface area contributed by atoms with Gasteiger partial charge < -0.3 is 9.72 Å². The van der Waals surface area contributed by atoms with E-state index in [-0.39, 0.29) is 5.56 Å². The van der Waals surface area contributed by atoms with Crippen molar-refractivity contribution in [2.75, 3.05) is 6.61 Å². The van der Waals surface area contributed by atoms with E-state index in [4.69, 9.17) is 4.74 Å². The molecule has 0 saturated carbocycles. The molecule has 5 nitrogen and oxygen atoms in total. The van der Waals surface area contributed by atoms with Gasteiger partial charge in [0.05, 0.1) is 12.1 Å². The van der Waals surface area contributed by atoms with Crippen LogP contribution in [0.15, 0.2) is 27.7 Å². The predicted molar refractivity (Wildman–Crippen MR) is 83.3 cm³/mol. The van der Waals surface area contributed by atoms with E-state index >= 15 is 0 Å². The number of ether oxygens (including phenoxy) is 1. The van der Waals surface area contributed by atoms with Crippen molar-refractivity contribution in [2.45, 2.75) is 13.3 Å². The molecule has 0 aliphatic heterocycles. The Balaban J connectivity index is 1.99. The molecule has 7 heteroatoms. The number of fused-ring (bicyclic) bond motifs is 1. The molecular formula is C14H12N2O3S2. The molecule has 1 N–H and O–H groups in total. The smallest absolute Gasteiger partial charge is 0.348 e. The summed E-state index contributed by atoms with van der Waals surface area (Å²) < 4.78 is 5.40. The Morgan fingerprint density at radius 2 is 2.33 bits per heavy atom. The average molecular weight is 320 g/mol. The maximum absolute atomic E-state index is 12.1. The minimum absolute atomic E-state index is 0.217. The number of aromatic nitrogens is 2. The second-order valence-corrected chi connectivity index (χ2v) is 6.20. The Kier molecular flexibility index (Phi) is 3.85. The van der Waals surface area contributed by atoms with Crippen LogP contribution < -0.4 is 5.56 Å². The van der Waals surface area contributed by atoms with Crippen molar-refractivity contribution in [1.29, 1.82) is 0 Å². The van der Waals surface area contributed by atoms with E-state index in [0.717, 1.165) is 16.9 Å². The molecule has 108 valence electrons. The highest BCUT2D eigenvalue weighted by Gasteiger charge is 2.15. The van der Waals surface area contributed by atoms with E-state index in [1.54, 1.807) is 24.3 Å². The van der Waals surface area contributed by atoms with Crippen LogP contribution in [0.25, 0.3) is 10.2 Å². The molecule has 0 fully saturated rings. The van der Waals surface area contributed by atoms with E-state index < -0.39 is 5.97 Å². The van der Waals surface area contributed by atoms with Crippen molar-refractivity contribution in [3.05, 3.63) is 49.5 Å². The standard InChI is InChI=1S/C14H12N2O3S2/c1-2-19-14(18)10-6-9-12(21-10)13(17)16-11(15-9)5-8-3-4-20-7-8/h3-4,6-7H,2,5H2,1H3,(H,15,16,17). The Bertz CT molecular complexity index is 834. The predicted octanol–water partition coefficient (Wildman–Crippen LogP) is 2.81. The number of H-pyrrole nitrogens is 1. The maximum atomic E-state index is 12.1. The second kappa shape index (κ2) is 5.79. The fourth-order valence-electron chi connectivity index (χ4n) is 1.96. The van der Waals surface area contributed by atoms with E-state index in [0.29, 0.717) is 33.9 Å². The van der Waals surface area contributed by atoms with Gasteiger partial charge in [-0.1, -0.05) is 0 Å². The van der Waals surface area contributed by atoms with Crippen LogP contribution in [0.4, 0.5) is 0 Å². The van der Waals surface area contributed by atoms with E-state index in [2.05, 4.69) is 9.97 Å². The van der Waals surface area contributed by atoms with Crippen LogP contribution in [0, 0.1) is 0 Å². The number of esters is 1. The molecule has 3 rings (SSSR count). The van der Waals surface area contributed by atoms with Gasteiger partial charge in [-0.3, -0.25) is 4.79 Å². The quantitative estimate of drug-likeness (QED) is 0.750. The van der Waals surface area contributed by atoms with E-state index in [1.165, 1.54) is 0 Å². The minimum atomic E-state index is -0.417. The topological polar surface area (TPSA) is 72.0 Å². The van der Waals surface area contributed by atoms with Crippen molar-refractivity contribution in [1.82, 2.24) is 9.97 Å². The monoisotopic (exact) mass is 320 g/mol. The maximum Gasteiger partial charge on any atom is 0.348 e. The van der Waals surface area contributed by atoms with Gasteiger partial charge in [-0.15, -0.1) is 11.3 Å². The van der Waals surface area contributed by atoms with Crippen LogP contribution in [0.1, 0.15) is 28.0 Å². The van der Waals surface area contributed by atoms with Gasteiger partial charge in [-0.25, -0.2) is 9.78 Å². The van der Waals surface area contributed by atoms with E-state index in [9.17, 15) is 9.59 Å². The summed E-state index contributed by atoms with van der Waals surface area (Å²) in [5, 5.41) is 4.00. The molecule has 0 aromatic carbocycles. The van der Waals surface area contributed by atoms with Gasteiger partial charge in [0, 0.05) is 6.42 Å². The van der Waals surface area contributed by atoms with Gasteiger partial charge in [0.25, 0.3) is 5.56 Å². The number of nitrogens with one attached hydrogen (secondary N) is 1. The molecule has 0 saturated heterocycles. The Labute approximate surface area is 128 Å². The van der Waals surface area contributed by atoms with Crippen molar-refractivity contribution in [3.63, 3.8) is 0 Å². The van der Waals surface area contributed by atoms with Crippen molar-refractivity contribution in [2.24, 2.45) is 0 Å². The van der Waals surface area contributed by atoms with Crippen LogP contribution in [0.3, 0.4) is 0 Å². The lowest BCUT2D eigenvalue weighted by Crippen LogP contribution is -2.10. The molecule has 0 atom stereocenters. The lowest BCUT2D eigenvalue weighted by molar-refractivity contribution is 0.0532. The highest BCUT2D eigenvalue weighted by atomic mass is 32.1. The van der Waals surface area contributed by atoms with E-state index in [1.807, 2.05) is 16.8 Å². The van der Waals surface area contributed by atoms with Gasteiger partial charge in [0.1, 0.15) is 15.4 Å². The third kappa shape index (κ3) is 2.88. The lowest BCUT2D eigenvalue weighted by Gasteiger charge is -1.98. The molecule has 0 radical (unpaired) electrons. The molecule has 3 heterocycles. The van der Waals surface area contributed by atoms with Crippen LogP contribution in [0.5, 0.6) is 0 Å². The highest BCUT2D eigenvalue weighted by Crippen LogP contribution is 2.22. The third-order valence-electron chi connectivity index (χ3n) is 2.86. The van der Waals surface area contributed by atoms with Crippen molar-refractivity contribution >= 4 is 38.9 Å². The molecule has 0 bridgehead atoms. The molecule has 0 amide bonds. The zero-order valence-corrected chi connectivity index (χ0v) is 12.8. The van der Waals surface area contributed by atoms with Gasteiger partial charge >= 0.3 is 5.97 Å². The third-order valence-corrected chi connectivity index (χ3v) is 4.70. The van der Waals surface area contributed by atoms with Crippen molar-refractivity contribution < 1.29 is 9.53 Å². The Morgan fingerprint density at radius 1 is 1.48 bits per heavy atom. The fourth-order valence-corrected chi connectivity index (χ4v) is 3.52. The van der Waals surface area contributed by atoms with Gasteiger partial charge in [-0.05, 0) is 35.4 Å². The molecule has 3 aromatic heterocycles. The largest absolute Gasteiger partial charge is 0.462 e. The van der Waals surface area contributed by atoms with Crippen LogP contribution in [-0.2, 0) is 11.2 Å². The highest BCUT2D eigenvalue weighted by molar-refractivity contribution is 7.20. The first-order valence-corrected chi connectivity index (χ1v) is 8.14. The first-order valence-electron chi connectivity index (χ1n) is 6.38. The normalized spacial score (nSPS) is 10.9. The zero-order valence-electron chi connectivity index (χ0n) is 11.2. The molecular weight excluding hydrogens is 308 g/mol. The summed E-state index contributed by atoms with van der Waals surface area (Å²) in [5.41, 5.74) is 1.42. The van der Waals surface area contributed by atoms with Crippen LogP contribution in [-0.4, -0.2) is 22.5 Å².